The summed E-state index contributed by atoms with van der Waals surface area (Å²) in [7, 11) is 0. The molecule has 0 spiro atoms. The number of hydrogen-bond acceptors (Lipinski definition) is 4. The predicted octanol–water partition coefficient (Wildman–Crippen LogP) is 6.50. The number of esters is 1. The van der Waals surface area contributed by atoms with E-state index < -0.39 is 0 Å². The smallest absolute Gasteiger partial charge is 0.307 e. The molecule has 194 valence electrons. The number of Topliss-reactive ketones (excluding diaryl/α,β-unsaturated/α-hetero) is 1. The number of carbonyl (C=O) groups is 2. The largest absolute Gasteiger partial charge is 0.462 e. The van der Waals surface area contributed by atoms with E-state index in [0.29, 0.717) is 29.6 Å². The van der Waals surface area contributed by atoms with Crippen molar-refractivity contribution in [3.8, 4) is 0 Å². The number of nitrogens with zero attached hydrogens (tertiary/aromatic N) is 1. The normalized spacial score (nSPS) is 40.6. The summed E-state index contributed by atoms with van der Waals surface area (Å²) < 4.78 is 6.04. The van der Waals surface area contributed by atoms with Crippen molar-refractivity contribution in [2.24, 2.45) is 34.0 Å². The Labute approximate surface area is 212 Å². The number of allylic oxidation sites excluding steroid dienone is 3. The molecule has 0 radical (unpaired) electrons. The number of ketones is 1. The van der Waals surface area contributed by atoms with Crippen LogP contribution in [0.3, 0.4) is 0 Å². The molecule has 5 rings (SSSR count). The van der Waals surface area contributed by atoms with Crippen molar-refractivity contribution < 1.29 is 14.3 Å². The van der Waals surface area contributed by atoms with Crippen LogP contribution in [-0.2, 0) is 14.3 Å². The molecule has 35 heavy (non-hydrogen) atoms. The summed E-state index contributed by atoms with van der Waals surface area (Å²) in [6, 6.07) is 0. The van der Waals surface area contributed by atoms with Gasteiger partial charge in [0.15, 0.2) is 5.78 Å². The van der Waals surface area contributed by atoms with Gasteiger partial charge in [0.25, 0.3) is 0 Å². The maximum atomic E-state index is 12.7. The molecule has 5 aliphatic rings. The van der Waals surface area contributed by atoms with Crippen molar-refractivity contribution in [1.29, 1.82) is 0 Å². The minimum Gasteiger partial charge on any atom is -0.462 e. The van der Waals surface area contributed by atoms with Crippen LogP contribution in [0.4, 0.5) is 0 Å². The maximum Gasteiger partial charge on any atom is 0.307 e. The zero-order valence-corrected chi connectivity index (χ0v) is 22.8. The molecule has 2 saturated carbocycles. The highest BCUT2D eigenvalue weighted by atomic mass is 16.5. The van der Waals surface area contributed by atoms with Gasteiger partial charge in [-0.1, -0.05) is 45.4 Å². The first-order valence-electron chi connectivity index (χ1n) is 14.3. The zero-order valence-electron chi connectivity index (χ0n) is 22.8. The number of hydrogen-bond donors (Lipinski definition) is 0. The van der Waals surface area contributed by atoms with Crippen LogP contribution in [0.1, 0.15) is 98.8 Å². The van der Waals surface area contributed by atoms with E-state index in [0.717, 1.165) is 63.7 Å². The van der Waals surface area contributed by atoms with Crippen LogP contribution in [0.25, 0.3) is 0 Å². The third-order valence-electron chi connectivity index (χ3n) is 10.9. The molecular formula is C31H47NO3. The minimum atomic E-state index is -0.0153. The summed E-state index contributed by atoms with van der Waals surface area (Å²) >= 11 is 0. The lowest BCUT2D eigenvalue weighted by atomic mass is 9.47. The van der Waals surface area contributed by atoms with Crippen LogP contribution in [-0.4, -0.2) is 42.4 Å². The third kappa shape index (κ3) is 4.58. The highest BCUT2D eigenvalue weighted by Crippen LogP contribution is 2.65. The fraction of sp³-hybridized carbons (Fsp3) is 0.806. The molecule has 1 saturated heterocycles. The second-order valence-corrected chi connectivity index (χ2v) is 13.8. The molecule has 0 unspecified atom stereocenters. The Balaban J connectivity index is 1.19. The Morgan fingerprint density at radius 3 is 2.51 bits per heavy atom. The molecule has 0 bridgehead atoms. The van der Waals surface area contributed by atoms with Crippen LogP contribution >= 0.6 is 0 Å². The van der Waals surface area contributed by atoms with E-state index in [1.54, 1.807) is 12.5 Å². The van der Waals surface area contributed by atoms with E-state index in [4.69, 9.17) is 4.74 Å². The molecule has 0 amide bonds. The van der Waals surface area contributed by atoms with Crippen molar-refractivity contribution >= 4 is 11.8 Å². The Hall–Kier alpha value is -1.42. The number of carbonyl (C=O) groups excluding carboxylic acids is 2. The molecule has 0 N–H and O–H groups in total. The number of likely N-dealkylation sites (tertiary alicyclic amines) is 1. The molecule has 4 nitrogen and oxygen atoms in total. The molecule has 1 aliphatic heterocycles. The molecule has 0 aromatic rings. The van der Waals surface area contributed by atoms with E-state index >= 15 is 0 Å². The van der Waals surface area contributed by atoms with Gasteiger partial charge in [-0.2, -0.15) is 0 Å². The van der Waals surface area contributed by atoms with Crippen LogP contribution < -0.4 is 0 Å². The summed E-state index contributed by atoms with van der Waals surface area (Å²) in [4.78, 5) is 27.5. The highest BCUT2D eigenvalue weighted by molar-refractivity contribution is 5.95. The fourth-order valence-corrected chi connectivity index (χ4v) is 9.07. The second kappa shape index (κ2) is 9.15. The van der Waals surface area contributed by atoms with Gasteiger partial charge in [-0.25, -0.2) is 0 Å². The van der Waals surface area contributed by atoms with Crippen LogP contribution in [0.15, 0.2) is 23.3 Å². The molecule has 0 aromatic heterocycles. The summed E-state index contributed by atoms with van der Waals surface area (Å²) in [5.74, 6) is 2.23. The first-order valence-corrected chi connectivity index (χ1v) is 14.3. The second-order valence-electron chi connectivity index (χ2n) is 13.8. The lowest BCUT2D eigenvalue weighted by molar-refractivity contribution is -0.152. The molecule has 4 aliphatic carbocycles. The van der Waals surface area contributed by atoms with E-state index in [9.17, 15) is 9.59 Å². The van der Waals surface area contributed by atoms with Gasteiger partial charge in [0.2, 0.25) is 0 Å². The Morgan fingerprint density at radius 1 is 1.00 bits per heavy atom. The molecule has 3 fully saturated rings. The monoisotopic (exact) mass is 481 g/mol. The fourth-order valence-electron chi connectivity index (χ4n) is 9.07. The van der Waals surface area contributed by atoms with Crippen LogP contribution in [0.2, 0.25) is 0 Å². The number of ether oxygens (including phenoxy) is 1. The van der Waals surface area contributed by atoms with E-state index in [-0.39, 0.29) is 28.7 Å². The van der Waals surface area contributed by atoms with Gasteiger partial charge >= 0.3 is 5.97 Å². The summed E-state index contributed by atoms with van der Waals surface area (Å²) in [6.45, 7) is 14.3. The lowest BCUT2D eigenvalue weighted by Crippen LogP contribution is -2.50. The maximum absolute atomic E-state index is 12.7. The zero-order chi connectivity index (χ0) is 25.0. The van der Waals surface area contributed by atoms with Crippen molar-refractivity contribution in [3.63, 3.8) is 0 Å². The topological polar surface area (TPSA) is 46.6 Å². The summed E-state index contributed by atoms with van der Waals surface area (Å²) in [5.41, 5.74) is 3.31. The van der Waals surface area contributed by atoms with Gasteiger partial charge in [0.1, 0.15) is 6.10 Å². The van der Waals surface area contributed by atoms with E-state index in [1.165, 1.54) is 19.3 Å². The molecule has 4 heteroatoms. The van der Waals surface area contributed by atoms with Crippen LogP contribution in [0, 0.1) is 34.0 Å². The van der Waals surface area contributed by atoms with E-state index in [2.05, 4.69) is 44.7 Å². The number of rotatable bonds is 5. The Kier molecular flexibility index (Phi) is 6.60. The third-order valence-corrected chi connectivity index (χ3v) is 10.9. The molecule has 1 heterocycles. The summed E-state index contributed by atoms with van der Waals surface area (Å²) in [6.07, 6.45) is 15.4. The van der Waals surface area contributed by atoms with Crippen molar-refractivity contribution in [2.45, 2.75) is 105 Å². The van der Waals surface area contributed by atoms with Crippen LogP contribution in [0.5, 0.6) is 0 Å². The van der Waals surface area contributed by atoms with Crippen molar-refractivity contribution in [3.05, 3.63) is 23.3 Å². The first kappa shape index (κ1) is 25.2. The molecular weight excluding hydrogens is 434 g/mol. The SMILES string of the molecule is CC(=O)C1=CC[C@H]2[C@@H]3CC=C4C[C@@H](OC(=O)CCN5CCCC(C)(C)C5)CC[C@]4(C)[C@H]3CC[C@]12C. The van der Waals surface area contributed by atoms with Gasteiger partial charge in [-0.3, -0.25) is 9.59 Å². The van der Waals surface area contributed by atoms with Crippen molar-refractivity contribution in [1.82, 2.24) is 4.90 Å². The van der Waals surface area contributed by atoms with Crippen molar-refractivity contribution in [2.75, 3.05) is 19.6 Å². The Bertz CT molecular complexity index is 932. The highest BCUT2D eigenvalue weighted by Gasteiger charge is 2.57. The quantitative estimate of drug-likeness (QED) is 0.332. The van der Waals surface area contributed by atoms with Gasteiger partial charge < -0.3 is 9.64 Å². The molecule has 6 atom stereocenters. The molecule has 0 aromatic carbocycles. The van der Waals surface area contributed by atoms with Gasteiger partial charge in [0.05, 0.1) is 6.42 Å². The van der Waals surface area contributed by atoms with Gasteiger partial charge in [-0.15, -0.1) is 0 Å². The average molecular weight is 482 g/mol. The lowest BCUT2D eigenvalue weighted by Gasteiger charge is -2.57. The minimum absolute atomic E-state index is 0.0153. The standard InChI is InChI=1S/C31H47NO3/c1-21(33)25-9-10-26-24-8-7-22-19-23(11-15-30(22,4)27(24)12-16-31(25,26)5)35-28(34)13-18-32-17-6-14-29(2,3)20-32/h7,9,23-24,26-27H,6,8,10-20H2,1-5H3/t23-,24-,26-,27-,30-,31+/m0/s1. The van der Waals surface area contributed by atoms with Gasteiger partial charge in [0, 0.05) is 19.5 Å². The first-order chi connectivity index (χ1) is 16.5. The van der Waals surface area contributed by atoms with Gasteiger partial charge in [-0.05, 0) is 104 Å². The Morgan fingerprint density at radius 2 is 1.77 bits per heavy atom. The average Bonchev–Trinajstić information content (AvgIpc) is 3.15. The predicted molar refractivity (Wildman–Crippen MR) is 140 cm³/mol. The number of piperidine rings is 1. The van der Waals surface area contributed by atoms with E-state index in [1.807, 2.05) is 0 Å². The number of fused-ring (bicyclic) bond motifs is 5. The summed E-state index contributed by atoms with van der Waals surface area (Å²) in [5, 5.41) is 0.